The van der Waals surface area contributed by atoms with E-state index < -0.39 is 5.41 Å². The Kier molecular flexibility index (Phi) is 4.33. The van der Waals surface area contributed by atoms with Crippen molar-refractivity contribution in [1.82, 2.24) is 19.7 Å². The average molecular weight is 344 g/mol. The fourth-order valence-corrected chi connectivity index (χ4v) is 4.10. The first kappa shape index (κ1) is 16.3. The molecule has 7 heteroatoms. The second-order valence-electron chi connectivity index (χ2n) is 7.13. The van der Waals surface area contributed by atoms with E-state index in [-0.39, 0.29) is 11.9 Å². The van der Waals surface area contributed by atoms with Crippen LogP contribution in [0.5, 0.6) is 0 Å². The molecule has 4 rings (SSSR count). The minimum absolute atomic E-state index is 0.0520. The molecule has 134 valence electrons. The van der Waals surface area contributed by atoms with Gasteiger partial charge in [-0.15, -0.1) is 0 Å². The standard InChI is InChI=1S/C18H24N4O3/c23-16-18(4-7-21(16)13-15-3-1-2-6-19-15)5-8-22(14-18)17(24)20-9-11-25-12-10-20/h1-3,6H,4-5,7-14H2. The van der Waals surface area contributed by atoms with Gasteiger partial charge in [0.25, 0.3) is 0 Å². The lowest BCUT2D eigenvalue weighted by atomic mass is 9.85. The Bertz CT molecular complexity index is 647. The number of hydrogen-bond acceptors (Lipinski definition) is 4. The van der Waals surface area contributed by atoms with Crippen LogP contribution in [-0.4, -0.2) is 77.6 Å². The number of rotatable bonds is 2. The van der Waals surface area contributed by atoms with Gasteiger partial charge in [0.15, 0.2) is 0 Å². The number of morpholine rings is 1. The van der Waals surface area contributed by atoms with E-state index in [9.17, 15) is 9.59 Å². The molecule has 1 atom stereocenters. The number of amides is 3. The summed E-state index contributed by atoms with van der Waals surface area (Å²) in [4.78, 5) is 35.6. The number of hydrogen-bond donors (Lipinski definition) is 0. The zero-order valence-electron chi connectivity index (χ0n) is 14.4. The molecule has 1 unspecified atom stereocenters. The second-order valence-corrected chi connectivity index (χ2v) is 7.13. The van der Waals surface area contributed by atoms with Crippen LogP contribution < -0.4 is 0 Å². The van der Waals surface area contributed by atoms with Crippen LogP contribution in [0.15, 0.2) is 24.4 Å². The van der Waals surface area contributed by atoms with Crippen molar-refractivity contribution < 1.29 is 14.3 Å². The number of nitrogens with zero attached hydrogens (tertiary/aromatic N) is 4. The maximum Gasteiger partial charge on any atom is 0.320 e. The maximum atomic E-state index is 13.0. The van der Waals surface area contributed by atoms with Crippen LogP contribution in [0.25, 0.3) is 0 Å². The minimum atomic E-state index is -0.392. The maximum absolute atomic E-state index is 13.0. The van der Waals surface area contributed by atoms with Gasteiger partial charge in [0, 0.05) is 38.9 Å². The van der Waals surface area contributed by atoms with E-state index in [1.165, 1.54) is 0 Å². The highest BCUT2D eigenvalue weighted by Crippen LogP contribution is 2.41. The van der Waals surface area contributed by atoms with Crippen LogP contribution in [0.1, 0.15) is 18.5 Å². The van der Waals surface area contributed by atoms with E-state index in [0.29, 0.717) is 45.9 Å². The van der Waals surface area contributed by atoms with E-state index in [1.54, 1.807) is 6.20 Å². The Hall–Kier alpha value is -2.15. The molecular formula is C18H24N4O3. The summed E-state index contributed by atoms with van der Waals surface area (Å²) in [6.07, 6.45) is 3.34. The summed E-state index contributed by atoms with van der Waals surface area (Å²) in [6.45, 7) is 4.99. The lowest BCUT2D eigenvalue weighted by molar-refractivity contribution is -0.136. The number of carbonyl (C=O) groups is 2. The van der Waals surface area contributed by atoms with Crippen molar-refractivity contribution in [3.8, 4) is 0 Å². The SMILES string of the molecule is O=C(N1CCOCC1)N1CCC2(CCN(Cc3ccccn3)C2=O)C1. The molecule has 0 N–H and O–H groups in total. The fourth-order valence-electron chi connectivity index (χ4n) is 4.10. The van der Waals surface area contributed by atoms with Gasteiger partial charge in [-0.05, 0) is 25.0 Å². The number of pyridine rings is 1. The molecule has 3 saturated heterocycles. The first-order valence-electron chi connectivity index (χ1n) is 8.99. The fraction of sp³-hybridized carbons (Fsp3) is 0.611. The average Bonchev–Trinajstić information content (AvgIpc) is 3.23. The van der Waals surface area contributed by atoms with Crippen LogP contribution in [0.4, 0.5) is 4.79 Å². The van der Waals surface area contributed by atoms with Crippen molar-refractivity contribution in [2.75, 3.05) is 45.9 Å². The Morgan fingerprint density at radius 1 is 1.12 bits per heavy atom. The molecule has 3 amide bonds. The number of aromatic nitrogens is 1. The lowest BCUT2D eigenvalue weighted by Crippen LogP contribution is -2.48. The Labute approximate surface area is 147 Å². The molecule has 1 aromatic heterocycles. The summed E-state index contributed by atoms with van der Waals surface area (Å²) in [5, 5.41) is 0. The van der Waals surface area contributed by atoms with Crippen molar-refractivity contribution in [2.24, 2.45) is 5.41 Å². The Balaban J connectivity index is 1.40. The Morgan fingerprint density at radius 2 is 1.92 bits per heavy atom. The first-order valence-corrected chi connectivity index (χ1v) is 8.99. The van der Waals surface area contributed by atoms with Gasteiger partial charge < -0.3 is 19.4 Å². The van der Waals surface area contributed by atoms with Gasteiger partial charge in [-0.25, -0.2) is 4.79 Å². The van der Waals surface area contributed by atoms with E-state index in [4.69, 9.17) is 4.74 Å². The summed E-state index contributed by atoms with van der Waals surface area (Å²) in [6, 6.07) is 5.82. The normalized spacial score (nSPS) is 26.7. The van der Waals surface area contributed by atoms with Crippen LogP contribution in [-0.2, 0) is 16.1 Å². The van der Waals surface area contributed by atoms with E-state index in [0.717, 1.165) is 25.1 Å². The smallest absolute Gasteiger partial charge is 0.320 e. The second kappa shape index (κ2) is 6.63. The summed E-state index contributed by atoms with van der Waals surface area (Å²) < 4.78 is 5.31. The number of urea groups is 1. The molecule has 3 aliphatic rings. The molecule has 0 aliphatic carbocycles. The van der Waals surface area contributed by atoms with Gasteiger partial charge in [-0.2, -0.15) is 0 Å². The predicted octanol–water partition coefficient (Wildman–Crippen LogP) is 0.958. The molecule has 4 heterocycles. The molecule has 25 heavy (non-hydrogen) atoms. The van der Waals surface area contributed by atoms with Crippen molar-refractivity contribution in [1.29, 1.82) is 0 Å². The van der Waals surface area contributed by atoms with Gasteiger partial charge in [-0.1, -0.05) is 6.07 Å². The van der Waals surface area contributed by atoms with Crippen LogP contribution >= 0.6 is 0 Å². The van der Waals surface area contributed by atoms with Crippen molar-refractivity contribution in [3.05, 3.63) is 30.1 Å². The minimum Gasteiger partial charge on any atom is -0.378 e. The third kappa shape index (κ3) is 3.08. The molecule has 3 fully saturated rings. The number of carbonyl (C=O) groups excluding carboxylic acids is 2. The van der Waals surface area contributed by atoms with Gasteiger partial charge in [0.05, 0.1) is 30.9 Å². The van der Waals surface area contributed by atoms with Gasteiger partial charge in [0.2, 0.25) is 5.91 Å². The quantitative estimate of drug-likeness (QED) is 0.801. The van der Waals surface area contributed by atoms with E-state index in [1.807, 2.05) is 32.9 Å². The van der Waals surface area contributed by atoms with Crippen molar-refractivity contribution in [3.63, 3.8) is 0 Å². The highest BCUT2D eigenvalue weighted by molar-refractivity contribution is 5.87. The van der Waals surface area contributed by atoms with Gasteiger partial charge in [-0.3, -0.25) is 9.78 Å². The molecular weight excluding hydrogens is 320 g/mol. The molecule has 3 aliphatic heterocycles. The third-order valence-electron chi connectivity index (χ3n) is 5.59. The van der Waals surface area contributed by atoms with Gasteiger partial charge >= 0.3 is 6.03 Å². The summed E-state index contributed by atoms with van der Waals surface area (Å²) in [5.41, 5.74) is 0.517. The van der Waals surface area contributed by atoms with Gasteiger partial charge in [0.1, 0.15) is 0 Å². The molecule has 1 aromatic rings. The zero-order valence-corrected chi connectivity index (χ0v) is 14.4. The molecule has 0 saturated carbocycles. The van der Waals surface area contributed by atoms with Crippen molar-refractivity contribution >= 4 is 11.9 Å². The number of ether oxygens (including phenoxy) is 1. The molecule has 1 spiro atoms. The summed E-state index contributed by atoms with van der Waals surface area (Å²) in [5.74, 6) is 0.176. The number of likely N-dealkylation sites (tertiary alicyclic amines) is 2. The van der Waals surface area contributed by atoms with E-state index >= 15 is 0 Å². The predicted molar refractivity (Wildman–Crippen MR) is 90.7 cm³/mol. The summed E-state index contributed by atoms with van der Waals surface area (Å²) in [7, 11) is 0. The van der Waals surface area contributed by atoms with Crippen molar-refractivity contribution in [2.45, 2.75) is 19.4 Å². The lowest BCUT2D eigenvalue weighted by Gasteiger charge is -2.31. The van der Waals surface area contributed by atoms with E-state index in [2.05, 4.69) is 4.98 Å². The first-order chi connectivity index (χ1) is 12.2. The molecule has 0 bridgehead atoms. The largest absolute Gasteiger partial charge is 0.378 e. The molecule has 7 nitrogen and oxygen atoms in total. The molecule has 0 aromatic carbocycles. The third-order valence-corrected chi connectivity index (χ3v) is 5.59. The molecule has 0 radical (unpaired) electrons. The van der Waals surface area contributed by atoms with Crippen LogP contribution in [0.2, 0.25) is 0 Å². The highest BCUT2D eigenvalue weighted by atomic mass is 16.5. The monoisotopic (exact) mass is 344 g/mol. The zero-order chi connectivity index (χ0) is 17.3. The Morgan fingerprint density at radius 3 is 2.68 bits per heavy atom. The highest BCUT2D eigenvalue weighted by Gasteiger charge is 2.52. The summed E-state index contributed by atoms with van der Waals surface area (Å²) >= 11 is 0. The topological polar surface area (TPSA) is 66.0 Å². The van der Waals surface area contributed by atoms with Crippen LogP contribution in [0, 0.1) is 5.41 Å². The van der Waals surface area contributed by atoms with Crippen LogP contribution in [0.3, 0.4) is 0 Å².